The Hall–Kier alpha value is -2.02. The van der Waals surface area contributed by atoms with Gasteiger partial charge in [0.05, 0.1) is 5.69 Å². The maximum absolute atomic E-state index is 14.7. The van der Waals surface area contributed by atoms with Crippen molar-refractivity contribution in [1.29, 1.82) is 0 Å². The van der Waals surface area contributed by atoms with E-state index in [4.69, 9.17) is 5.73 Å². The summed E-state index contributed by atoms with van der Waals surface area (Å²) < 4.78 is 27.9. The number of likely N-dealkylation sites (tertiary alicyclic amines) is 1. The highest BCUT2D eigenvalue weighted by atomic mass is 19.1. The number of benzene rings is 2. The Bertz CT molecular complexity index is 803. The lowest BCUT2D eigenvalue weighted by molar-refractivity contribution is 0.311. The Morgan fingerprint density at radius 1 is 0.964 bits per heavy atom. The fraction of sp³-hybridized carbons (Fsp3) is 0.455. The van der Waals surface area contributed by atoms with Gasteiger partial charge >= 0.3 is 0 Å². The summed E-state index contributed by atoms with van der Waals surface area (Å²) in [6, 6.07) is 12.2. The number of rotatable bonds is 4. The van der Waals surface area contributed by atoms with Crippen molar-refractivity contribution >= 4 is 5.69 Å². The Kier molecular flexibility index (Phi) is 5.62. The lowest BCUT2D eigenvalue weighted by Crippen LogP contribution is -2.44. The Balaban J connectivity index is 1.40. The Morgan fingerprint density at radius 2 is 1.68 bits per heavy atom. The Labute approximate surface area is 165 Å². The van der Waals surface area contributed by atoms with Crippen LogP contribution in [0.2, 0.25) is 0 Å². The van der Waals surface area contributed by atoms with Crippen LogP contribution in [0, 0.1) is 11.6 Å². The standard InChI is InChI=1S/C22H28F2N4/c1-26-8-10-28(11-9-26)22-7-2-16(12-20(22)24)13-27-14-19(21(25)15-27)17-3-5-18(23)6-4-17/h2-7,12,19,21H,8-11,13-15,25H2,1H3/t19-,21+/m0/s1. The highest BCUT2D eigenvalue weighted by Crippen LogP contribution is 2.29. The fourth-order valence-electron chi connectivity index (χ4n) is 4.32. The van der Waals surface area contributed by atoms with Crippen LogP contribution in [-0.2, 0) is 6.54 Å². The molecule has 0 amide bonds. The first kappa shape index (κ1) is 19.3. The molecule has 0 unspecified atom stereocenters. The molecule has 0 aliphatic carbocycles. The van der Waals surface area contributed by atoms with Crippen molar-refractivity contribution in [3.63, 3.8) is 0 Å². The molecule has 2 atom stereocenters. The lowest BCUT2D eigenvalue weighted by atomic mass is 9.95. The second-order valence-corrected chi connectivity index (χ2v) is 8.09. The third-order valence-corrected chi connectivity index (χ3v) is 6.00. The van der Waals surface area contributed by atoms with Gasteiger partial charge in [0.1, 0.15) is 11.6 Å². The molecule has 2 heterocycles. The quantitative estimate of drug-likeness (QED) is 0.876. The number of piperazine rings is 1. The predicted molar refractivity (Wildman–Crippen MR) is 109 cm³/mol. The third kappa shape index (κ3) is 4.19. The van der Waals surface area contributed by atoms with Gasteiger partial charge in [0, 0.05) is 57.8 Å². The molecule has 0 saturated carbocycles. The first-order chi connectivity index (χ1) is 13.5. The average molecular weight is 386 g/mol. The van der Waals surface area contributed by atoms with Crippen molar-refractivity contribution in [2.75, 3.05) is 51.2 Å². The summed E-state index contributed by atoms with van der Waals surface area (Å²) in [6.07, 6.45) is 0. The minimum absolute atomic E-state index is 0.0000732. The fourth-order valence-corrected chi connectivity index (χ4v) is 4.32. The summed E-state index contributed by atoms with van der Waals surface area (Å²) in [5.74, 6) is -0.209. The van der Waals surface area contributed by atoms with Gasteiger partial charge in [-0.2, -0.15) is 0 Å². The van der Waals surface area contributed by atoms with E-state index in [1.165, 1.54) is 12.1 Å². The summed E-state index contributed by atoms with van der Waals surface area (Å²) in [4.78, 5) is 6.63. The van der Waals surface area contributed by atoms with E-state index in [-0.39, 0.29) is 23.6 Å². The summed E-state index contributed by atoms with van der Waals surface area (Å²) >= 11 is 0. The molecule has 2 saturated heterocycles. The molecule has 6 heteroatoms. The molecule has 0 radical (unpaired) electrons. The number of hydrogen-bond donors (Lipinski definition) is 1. The highest BCUT2D eigenvalue weighted by molar-refractivity contribution is 5.49. The molecule has 2 fully saturated rings. The summed E-state index contributed by atoms with van der Waals surface area (Å²) in [6.45, 7) is 5.85. The van der Waals surface area contributed by atoms with Gasteiger partial charge in [-0.1, -0.05) is 18.2 Å². The maximum Gasteiger partial charge on any atom is 0.146 e. The van der Waals surface area contributed by atoms with E-state index in [1.54, 1.807) is 6.07 Å². The minimum atomic E-state index is -0.233. The van der Waals surface area contributed by atoms with Crippen LogP contribution >= 0.6 is 0 Å². The van der Waals surface area contributed by atoms with E-state index < -0.39 is 0 Å². The largest absolute Gasteiger partial charge is 0.367 e. The van der Waals surface area contributed by atoms with Crippen LogP contribution in [0.25, 0.3) is 0 Å². The van der Waals surface area contributed by atoms with E-state index >= 15 is 0 Å². The van der Waals surface area contributed by atoms with Crippen molar-refractivity contribution in [3.8, 4) is 0 Å². The van der Waals surface area contributed by atoms with Crippen LogP contribution in [0.1, 0.15) is 17.0 Å². The highest BCUT2D eigenvalue weighted by Gasteiger charge is 2.31. The molecule has 2 N–H and O–H groups in total. The van der Waals surface area contributed by atoms with Crippen LogP contribution in [0.5, 0.6) is 0 Å². The molecular formula is C22H28F2N4. The molecule has 2 aliphatic heterocycles. The van der Waals surface area contributed by atoms with Gasteiger partial charge in [-0.25, -0.2) is 8.78 Å². The van der Waals surface area contributed by atoms with Gasteiger partial charge in [-0.15, -0.1) is 0 Å². The molecule has 2 aliphatic rings. The van der Waals surface area contributed by atoms with Gasteiger partial charge in [-0.3, -0.25) is 4.90 Å². The molecule has 4 nitrogen and oxygen atoms in total. The van der Waals surface area contributed by atoms with Crippen LogP contribution in [0.4, 0.5) is 14.5 Å². The zero-order valence-corrected chi connectivity index (χ0v) is 16.3. The van der Waals surface area contributed by atoms with Crippen molar-refractivity contribution in [3.05, 3.63) is 65.2 Å². The van der Waals surface area contributed by atoms with E-state index in [0.29, 0.717) is 12.2 Å². The SMILES string of the molecule is CN1CCN(c2ccc(CN3C[C@@H](N)[C@H](c4ccc(F)cc4)C3)cc2F)CC1. The van der Waals surface area contributed by atoms with Gasteiger partial charge in [0.25, 0.3) is 0 Å². The smallest absolute Gasteiger partial charge is 0.146 e. The monoisotopic (exact) mass is 386 g/mol. The molecule has 0 bridgehead atoms. The van der Waals surface area contributed by atoms with Gasteiger partial charge < -0.3 is 15.5 Å². The van der Waals surface area contributed by atoms with Crippen molar-refractivity contribution in [2.45, 2.75) is 18.5 Å². The Morgan fingerprint density at radius 3 is 2.36 bits per heavy atom. The first-order valence-electron chi connectivity index (χ1n) is 9.95. The maximum atomic E-state index is 14.7. The van der Waals surface area contributed by atoms with Crippen LogP contribution in [0.15, 0.2) is 42.5 Å². The molecule has 0 spiro atoms. The number of anilines is 1. The van der Waals surface area contributed by atoms with E-state index in [1.807, 2.05) is 24.3 Å². The topological polar surface area (TPSA) is 35.7 Å². The van der Waals surface area contributed by atoms with E-state index in [2.05, 4.69) is 21.7 Å². The van der Waals surface area contributed by atoms with Crippen LogP contribution in [-0.4, -0.2) is 62.2 Å². The zero-order valence-electron chi connectivity index (χ0n) is 16.3. The molecule has 2 aromatic rings. The normalized spacial score (nSPS) is 24.1. The number of nitrogens with zero attached hydrogens (tertiary/aromatic N) is 3. The summed E-state index contributed by atoms with van der Waals surface area (Å²) in [7, 11) is 2.09. The van der Waals surface area contributed by atoms with Gasteiger partial charge in [-0.05, 0) is 42.4 Å². The van der Waals surface area contributed by atoms with Crippen molar-refractivity contribution in [1.82, 2.24) is 9.80 Å². The average Bonchev–Trinajstić information content (AvgIpc) is 3.03. The predicted octanol–water partition coefficient (Wildman–Crippen LogP) is 2.64. The first-order valence-corrected chi connectivity index (χ1v) is 9.95. The zero-order chi connectivity index (χ0) is 19.7. The number of hydrogen-bond acceptors (Lipinski definition) is 4. The van der Waals surface area contributed by atoms with Crippen molar-refractivity contribution < 1.29 is 8.78 Å². The number of likely N-dealkylation sites (N-methyl/N-ethyl adjacent to an activating group) is 1. The molecule has 2 aromatic carbocycles. The molecule has 150 valence electrons. The van der Waals surface area contributed by atoms with Gasteiger partial charge in [0.15, 0.2) is 0 Å². The number of halogens is 2. The minimum Gasteiger partial charge on any atom is -0.367 e. The second kappa shape index (κ2) is 8.15. The van der Waals surface area contributed by atoms with Crippen molar-refractivity contribution in [2.24, 2.45) is 5.73 Å². The molecule has 4 rings (SSSR count). The van der Waals surface area contributed by atoms with Gasteiger partial charge in [0.2, 0.25) is 0 Å². The van der Waals surface area contributed by atoms with E-state index in [0.717, 1.165) is 50.4 Å². The summed E-state index contributed by atoms with van der Waals surface area (Å²) in [5, 5.41) is 0. The molecule has 0 aromatic heterocycles. The molecular weight excluding hydrogens is 358 g/mol. The summed E-state index contributed by atoms with van der Waals surface area (Å²) in [5.41, 5.74) is 9.05. The second-order valence-electron chi connectivity index (χ2n) is 8.09. The number of nitrogens with two attached hydrogens (primary N) is 1. The third-order valence-electron chi connectivity index (χ3n) is 6.00. The lowest BCUT2D eigenvalue weighted by Gasteiger charge is -2.34. The van der Waals surface area contributed by atoms with Crippen LogP contribution < -0.4 is 10.6 Å². The van der Waals surface area contributed by atoms with Crippen LogP contribution in [0.3, 0.4) is 0 Å². The molecule has 28 heavy (non-hydrogen) atoms. The van der Waals surface area contributed by atoms with E-state index in [9.17, 15) is 8.78 Å².